The first kappa shape index (κ1) is 27.2. The van der Waals surface area contributed by atoms with Crippen molar-refractivity contribution in [2.45, 2.75) is 38.5 Å². The lowest BCUT2D eigenvalue weighted by Crippen LogP contribution is -2.48. The van der Waals surface area contributed by atoms with Gasteiger partial charge in [-0.2, -0.15) is 13.2 Å². The molecule has 0 aliphatic carbocycles. The van der Waals surface area contributed by atoms with Crippen LogP contribution in [0.3, 0.4) is 0 Å². The van der Waals surface area contributed by atoms with Crippen molar-refractivity contribution in [3.05, 3.63) is 59.9 Å². The van der Waals surface area contributed by atoms with E-state index in [0.29, 0.717) is 31.0 Å². The van der Waals surface area contributed by atoms with Gasteiger partial charge in [-0.25, -0.2) is 4.99 Å². The van der Waals surface area contributed by atoms with Crippen molar-refractivity contribution in [2.75, 3.05) is 32.8 Å². The average Bonchev–Trinajstić information content (AvgIpc) is 2.78. The number of halogens is 4. The lowest BCUT2D eigenvalue weighted by atomic mass is 10.0. The molecule has 0 spiro atoms. The van der Waals surface area contributed by atoms with Gasteiger partial charge in [0.1, 0.15) is 12.4 Å². The molecule has 1 aliphatic rings. The molecule has 1 saturated heterocycles. The van der Waals surface area contributed by atoms with Crippen LogP contribution in [0.5, 0.6) is 5.75 Å². The number of likely N-dealkylation sites (tertiary alicyclic amines) is 1. The van der Waals surface area contributed by atoms with Gasteiger partial charge in [0.2, 0.25) is 0 Å². The molecular weight excluding hydrogens is 546 g/mol. The van der Waals surface area contributed by atoms with Gasteiger partial charge in [-0.15, -0.1) is 24.0 Å². The van der Waals surface area contributed by atoms with E-state index in [1.165, 1.54) is 12.1 Å². The molecule has 3 rings (SSSR count). The highest BCUT2D eigenvalue weighted by Crippen LogP contribution is 2.30. The molecule has 0 saturated carbocycles. The van der Waals surface area contributed by atoms with Gasteiger partial charge in [-0.1, -0.05) is 18.2 Å². The van der Waals surface area contributed by atoms with Gasteiger partial charge in [-0.3, -0.25) is 9.88 Å². The maximum atomic E-state index is 12.9. The van der Waals surface area contributed by atoms with E-state index < -0.39 is 11.7 Å². The first-order valence-electron chi connectivity index (χ1n) is 10.9. The Morgan fingerprint density at radius 3 is 2.67 bits per heavy atom. The number of nitrogens with one attached hydrogen (secondary N) is 2. The summed E-state index contributed by atoms with van der Waals surface area (Å²) in [5.74, 6) is 1.47. The van der Waals surface area contributed by atoms with Crippen molar-refractivity contribution in [1.82, 2.24) is 20.5 Å². The summed E-state index contributed by atoms with van der Waals surface area (Å²) >= 11 is 0. The van der Waals surface area contributed by atoms with Crippen molar-refractivity contribution in [3.8, 4) is 5.75 Å². The van der Waals surface area contributed by atoms with E-state index in [4.69, 9.17) is 4.74 Å². The number of hydrogen-bond donors (Lipinski definition) is 2. The second-order valence-electron chi connectivity index (χ2n) is 7.69. The van der Waals surface area contributed by atoms with E-state index in [0.717, 1.165) is 44.5 Å². The Balaban J connectivity index is 0.00000385. The van der Waals surface area contributed by atoms with E-state index in [2.05, 4.69) is 25.5 Å². The fourth-order valence-electron chi connectivity index (χ4n) is 3.61. The normalized spacial score (nSPS) is 15.6. The third-order valence-corrected chi connectivity index (χ3v) is 5.20. The van der Waals surface area contributed by atoms with Crippen LogP contribution in [0.4, 0.5) is 13.2 Å². The summed E-state index contributed by atoms with van der Waals surface area (Å²) in [5.41, 5.74) is 0.0975. The monoisotopic (exact) mass is 577 g/mol. The third kappa shape index (κ3) is 9.36. The third-order valence-electron chi connectivity index (χ3n) is 5.20. The van der Waals surface area contributed by atoms with Gasteiger partial charge in [0.05, 0.1) is 18.3 Å². The zero-order valence-corrected chi connectivity index (χ0v) is 21.0. The number of aromatic nitrogens is 1. The molecule has 0 amide bonds. The number of alkyl halides is 3. The van der Waals surface area contributed by atoms with Crippen LogP contribution in [0.1, 0.15) is 30.9 Å². The second-order valence-corrected chi connectivity index (χ2v) is 7.69. The lowest BCUT2D eigenvalue weighted by molar-refractivity contribution is -0.137. The van der Waals surface area contributed by atoms with Crippen LogP contribution in [0.2, 0.25) is 0 Å². The summed E-state index contributed by atoms with van der Waals surface area (Å²) in [6, 6.07) is 9.53. The van der Waals surface area contributed by atoms with Crippen LogP contribution in [0.25, 0.3) is 0 Å². The molecule has 182 valence electrons. The number of benzene rings is 1. The Morgan fingerprint density at radius 2 is 2.00 bits per heavy atom. The van der Waals surface area contributed by atoms with E-state index >= 15 is 0 Å². The van der Waals surface area contributed by atoms with Crippen molar-refractivity contribution < 1.29 is 17.9 Å². The molecule has 1 aromatic heterocycles. The Kier molecular flexibility index (Phi) is 11.2. The fraction of sp³-hybridized carbons (Fsp3) is 0.478. The van der Waals surface area contributed by atoms with E-state index in [-0.39, 0.29) is 30.0 Å². The Hall–Kier alpha value is -2.08. The number of pyridine rings is 1. The summed E-state index contributed by atoms with van der Waals surface area (Å²) in [4.78, 5) is 10.8. The molecule has 2 aromatic rings. The molecule has 1 aromatic carbocycles. The van der Waals surface area contributed by atoms with Gasteiger partial charge < -0.3 is 15.4 Å². The molecule has 0 unspecified atom stereocenters. The first-order chi connectivity index (χ1) is 15.4. The highest BCUT2D eigenvalue weighted by Gasteiger charge is 2.30. The Morgan fingerprint density at radius 1 is 1.21 bits per heavy atom. The van der Waals surface area contributed by atoms with E-state index in [1.807, 2.05) is 19.1 Å². The van der Waals surface area contributed by atoms with Crippen molar-refractivity contribution in [3.63, 3.8) is 0 Å². The molecule has 1 fully saturated rings. The standard InChI is InChI=1S/C23H30F3N5O.HI/c1-2-28-22(29-11-14-32-21-7-4-10-27-16-21)30-20-8-12-31(13-9-20)17-18-5-3-6-19(15-18)23(24,25)26;/h3-7,10,15-16,20H,2,8-9,11-14,17H2,1H3,(H2,28,29,30);1H. The summed E-state index contributed by atoms with van der Waals surface area (Å²) in [7, 11) is 0. The van der Waals surface area contributed by atoms with Crippen LogP contribution in [-0.4, -0.2) is 54.7 Å². The number of aliphatic imine (C=N–C) groups is 1. The largest absolute Gasteiger partial charge is 0.490 e. The number of hydrogen-bond acceptors (Lipinski definition) is 4. The lowest BCUT2D eigenvalue weighted by Gasteiger charge is -2.33. The molecule has 10 heteroatoms. The van der Waals surface area contributed by atoms with E-state index in [1.54, 1.807) is 18.5 Å². The second kappa shape index (κ2) is 13.6. The molecule has 2 N–H and O–H groups in total. The Labute approximate surface area is 210 Å². The van der Waals surface area contributed by atoms with Gasteiger partial charge in [-0.05, 0) is 43.5 Å². The predicted octanol–water partition coefficient (Wildman–Crippen LogP) is 4.32. The number of rotatable bonds is 8. The molecule has 33 heavy (non-hydrogen) atoms. The van der Waals surface area contributed by atoms with Gasteiger partial charge in [0.15, 0.2) is 5.96 Å². The maximum Gasteiger partial charge on any atom is 0.416 e. The Bertz CT molecular complexity index is 859. The highest BCUT2D eigenvalue weighted by molar-refractivity contribution is 14.0. The summed E-state index contributed by atoms with van der Waals surface area (Å²) in [6.45, 7) is 5.90. The number of piperidine rings is 1. The van der Waals surface area contributed by atoms with Crippen LogP contribution in [0.15, 0.2) is 53.8 Å². The van der Waals surface area contributed by atoms with Crippen molar-refractivity contribution in [1.29, 1.82) is 0 Å². The minimum Gasteiger partial charge on any atom is -0.490 e. The highest BCUT2D eigenvalue weighted by atomic mass is 127. The molecule has 2 heterocycles. The number of nitrogens with zero attached hydrogens (tertiary/aromatic N) is 3. The van der Waals surface area contributed by atoms with Crippen LogP contribution in [0, 0.1) is 0 Å². The van der Waals surface area contributed by atoms with Gasteiger partial charge in [0, 0.05) is 38.4 Å². The molecule has 0 atom stereocenters. The minimum absolute atomic E-state index is 0. The van der Waals surface area contributed by atoms with Crippen molar-refractivity contribution in [2.24, 2.45) is 4.99 Å². The van der Waals surface area contributed by atoms with Crippen LogP contribution >= 0.6 is 24.0 Å². The van der Waals surface area contributed by atoms with Crippen LogP contribution < -0.4 is 15.4 Å². The number of ether oxygens (including phenoxy) is 1. The predicted molar refractivity (Wildman–Crippen MR) is 134 cm³/mol. The topological polar surface area (TPSA) is 61.8 Å². The summed E-state index contributed by atoms with van der Waals surface area (Å²) in [5, 5.41) is 6.72. The smallest absolute Gasteiger partial charge is 0.416 e. The molecule has 0 radical (unpaired) electrons. The van der Waals surface area contributed by atoms with Crippen LogP contribution in [-0.2, 0) is 12.7 Å². The van der Waals surface area contributed by atoms with Gasteiger partial charge in [0.25, 0.3) is 0 Å². The summed E-state index contributed by atoms with van der Waals surface area (Å²) in [6.07, 6.45) is 0.854. The zero-order valence-electron chi connectivity index (χ0n) is 18.6. The first-order valence-corrected chi connectivity index (χ1v) is 10.9. The minimum atomic E-state index is -4.31. The van der Waals surface area contributed by atoms with Gasteiger partial charge >= 0.3 is 6.18 Å². The SMILES string of the molecule is CCNC(=NCCOc1cccnc1)NC1CCN(Cc2cccc(C(F)(F)F)c2)CC1.I. The molecule has 1 aliphatic heterocycles. The quantitative estimate of drug-likeness (QED) is 0.212. The molecular formula is C23H31F3IN5O. The fourth-order valence-corrected chi connectivity index (χ4v) is 3.61. The molecule has 0 bridgehead atoms. The maximum absolute atomic E-state index is 12.9. The summed E-state index contributed by atoms with van der Waals surface area (Å²) < 4.78 is 44.4. The van der Waals surface area contributed by atoms with Crippen molar-refractivity contribution >= 4 is 29.9 Å². The average molecular weight is 577 g/mol. The molecule has 6 nitrogen and oxygen atoms in total. The number of guanidine groups is 1. The zero-order chi connectivity index (χ0) is 22.8. The van der Waals surface area contributed by atoms with E-state index in [9.17, 15) is 13.2 Å².